The maximum absolute atomic E-state index is 12.8. The van der Waals surface area contributed by atoms with E-state index in [1.54, 1.807) is 24.4 Å². The summed E-state index contributed by atoms with van der Waals surface area (Å²) in [5.74, 6) is 0.477. The monoisotopic (exact) mass is 274 g/mol. The Balaban J connectivity index is 1.81. The molecule has 0 unspecified atom stereocenters. The van der Waals surface area contributed by atoms with Gasteiger partial charge in [0.15, 0.2) is 10.8 Å². The normalized spacial score (nSPS) is 11.0. The third-order valence-corrected chi connectivity index (χ3v) is 3.69. The Bertz CT molecular complexity index is 708. The predicted molar refractivity (Wildman–Crippen MR) is 73.4 cm³/mol. The molecule has 2 aromatic heterocycles. The molecule has 2 heterocycles. The Labute approximate surface area is 113 Å². The van der Waals surface area contributed by atoms with E-state index in [9.17, 15) is 4.39 Å². The molecule has 0 saturated carbocycles. The average molecular weight is 274 g/mol. The minimum Gasteiger partial charge on any atom is -0.398 e. The second kappa shape index (κ2) is 4.89. The summed E-state index contributed by atoms with van der Waals surface area (Å²) in [6.45, 7) is 0. The van der Waals surface area contributed by atoms with Crippen LogP contribution in [0.5, 0.6) is 0 Å². The highest BCUT2D eigenvalue weighted by Gasteiger charge is 2.06. The van der Waals surface area contributed by atoms with E-state index in [1.807, 2.05) is 10.5 Å². The van der Waals surface area contributed by atoms with Crippen LogP contribution in [0, 0.1) is 5.82 Å². The molecule has 0 radical (unpaired) electrons. The zero-order valence-corrected chi connectivity index (χ0v) is 10.8. The van der Waals surface area contributed by atoms with Crippen molar-refractivity contribution >= 4 is 23.1 Å². The van der Waals surface area contributed by atoms with Gasteiger partial charge in [0.25, 0.3) is 0 Å². The van der Waals surface area contributed by atoms with Gasteiger partial charge in [0.1, 0.15) is 5.82 Å². The first kappa shape index (κ1) is 12.0. The molecular weight excluding hydrogens is 263 g/mol. The van der Waals surface area contributed by atoms with E-state index in [-0.39, 0.29) is 5.82 Å². The first-order chi connectivity index (χ1) is 9.22. The van der Waals surface area contributed by atoms with Gasteiger partial charge in [-0.25, -0.2) is 4.39 Å². The lowest BCUT2D eigenvalue weighted by Gasteiger charge is -2.01. The highest BCUT2D eigenvalue weighted by Crippen LogP contribution is 2.22. The van der Waals surface area contributed by atoms with Gasteiger partial charge in [0, 0.05) is 17.6 Å². The first-order valence-corrected chi connectivity index (χ1v) is 6.68. The number of benzene rings is 1. The molecule has 96 valence electrons. The zero-order valence-electron chi connectivity index (χ0n) is 9.95. The number of nitrogens with two attached hydrogens (primary N) is 1. The molecule has 4 nitrogen and oxygen atoms in total. The molecule has 0 aliphatic heterocycles. The predicted octanol–water partition coefficient (Wildman–Crippen LogP) is 2.74. The number of rotatable bonds is 3. The van der Waals surface area contributed by atoms with E-state index in [2.05, 4.69) is 10.2 Å². The molecule has 3 aromatic rings. The molecule has 3 rings (SSSR count). The van der Waals surface area contributed by atoms with Crippen LogP contribution in [0.2, 0.25) is 0 Å². The Morgan fingerprint density at radius 1 is 1.11 bits per heavy atom. The second-order valence-corrected chi connectivity index (χ2v) is 5.03. The van der Waals surface area contributed by atoms with Gasteiger partial charge < -0.3 is 5.73 Å². The lowest BCUT2D eigenvalue weighted by atomic mass is 10.2. The van der Waals surface area contributed by atoms with Crippen molar-refractivity contribution in [3.8, 4) is 0 Å². The lowest BCUT2D eigenvalue weighted by Crippen LogP contribution is -1.92. The van der Waals surface area contributed by atoms with Crippen LogP contribution < -0.4 is 5.73 Å². The van der Waals surface area contributed by atoms with Gasteiger partial charge in [-0.15, -0.1) is 10.2 Å². The Morgan fingerprint density at radius 3 is 2.68 bits per heavy atom. The molecule has 1 aromatic carbocycles. The molecule has 6 heteroatoms. The fraction of sp³-hybridized carbons (Fsp3) is 0.0769. The number of halogens is 1. The third kappa shape index (κ3) is 2.53. The van der Waals surface area contributed by atoms with Gasteiger partial charge in [-0.2, -0.15) is 0 Å². The Kier molecular flexibility index (Phi) is 3.08. The van der Waals surface area contributed by atoms with Crippen LogP contribution in [0.4, 0.5) is 10.1 Å². The largest absolute Gasteiger partial charge is 0.398 e. The molecule has 0 bridgehead atoms. The number of hydrogen-bond acceptors (Lipinski definition) is 4. The van der Waals surface area contributed by atoms with Crippen LogP contribution in [-0.4, -0.2) is 14.6 Å². The molecule has 0 saturated heterocycles. The van der Waals surface area contributed by atoms with E-state index in [0.717, 1.165) is 16.4 Å². The summed E-state index contributed by atoms with van der Waals surface area (Å²) in [7, 11) is 0. The third-order valence-electron chi connectivity index (χ3n) is 2.68. The van der Waals surface area contributed by atoms with E-state index in [1.165, 1.54) is 23.9 Å². The molecule has 0 fully saturated rings. The van der Waals surface area contributed by atoms with Gasteiger partial charge >= 0.3 is 0 Å². The summed E-state index contributed by atoms with van der Waals surface area (Å²) in [5.41, 5.74) is 8.21. The first-order valence-electron chi connectivity index (χ1n) is 5.70. The van der Waals surface area contributed by atoms with Crippen molar-refractivity contribution in [3.05, 3.63) is 54.0 Å². The molecule has 0 atom stereocenters. The van der Waals surface area contributed by atoms with Crippen molar-refractivity contribution in [1.82, 2.24) is 14.6 Å². The molecule has 19 heavy (non-hydrogen) atoms. The summed E-state index contributed by atoms with van der Waals surface area (Å²) < 4.78 is 14.7. The number of anilines is 1. The maximum Gasteiger partial charge on any atom is 0.195 e. The van der Waals surface area contributed by atoms with Gasteiger partial charge in [0.2, 0.25) is 0 Å². The minimum absolute atomic E-state index is 0.227. The van der Waals surface area contributed by atoms with Crippen LogP contribution in [0.3, 0.4) is 0 Å². The summed E-state index contributed by atoms with van der Waals surface area (Å²) in [5, 5.41) is 8.95. The standard InChI is InChI=1S/C13H11FN4S/c14-10-3-1-9(2-4-10)8-19-13-17-16-12-6-5-11(15)7-18(12)13/h1-7H,8,15H2. The number of fused-ring (bicyclic) bond motifs is 1. The van der Waals surface area contributed by atoms with Crippen molar-refractivity contribution in [1.29, 1.82) is 0 Å². The number of thioether (sulfide) groups is 1. The van der Waals surface area contributed by atoms with Crippen molar-refractivity contribution in [2.24, 2.45) is 0 Å². The SMILES string of the molecule is Nc1ccc2nnc(SCc3ccc(F)cc3)n2c1. The zero-order chi connectivity index (χ0) is 13.2. The number of pyridine rings is 1. The highest BCUT2D eigenvalue weighted by molar-refractivity contribution is 7.98. The van der Waals surface area contributed by atoms with Crippen LogP contribution in [0.1, 0.15) is 5.56 Å². The van der Waals surface area contributed by atoms with Gasteiger partial charge in [-0.3, -0.25) is 4.40 Å². The maximum atomic E-state index is 12.8. The molecule has 2 N–H and O–H groups in total. The van der Waals surface area contributed by atoms with Crippen LogP contribution in [0.25, 0.3) is 5.65 Å². The molecule has 0 aliphatic carbocycles. The fourth-order valence-electron chi connectivity index (χ4n) is 1.71. The summed E-state index contributed by atoms with van der Waals surface area (Å²) in [4.78, 5) is 0. The number of nitrogens with zero attached hydrogens (tertiary/aromatic N) is 3. The van der Waals surface area contributed by atoms with Crippen LogP contribution >= 0.6 is 11.8 Å². The van der Waals surface area contributed by atoms with Gasteiger partial charge in [0.05, 0.1) is 0 Å². The Morgan fingerprint density at radius 2 is 1.89 bits per heavy atom. The molecule has 0 amide bonds. The van der Waals surface area contributed by atoms with E-state index < -0.39 is 0 Å². The van der Waals surface area contributed by atoms with E-state index in [0.29, 0.717) is 11.4 Å². The van der Waals surface area contributed by atoms with E-state index in [4.69, 9.17) is 5.73 Å². The lowest BCUT2D eigenvalue weighted by molar-refractivity contribution is 0.627. The quantitative estimate of drug-likeness (QED) is 0.746. The summed E-state index contributed by atoms with van der Waals surface area (Å²) in [6.07, 6.45) is 1.79. The average Bonchev–Trinajstić information content (AvgIpc) is 2.80. The fourth-order valence-corrected chi connectivity index (χ4v) is 2.59. The molecule has 0 spiro atoms. The van der Waals surface area contributed by atoms with Crippen molar-refractivity contribution in [2.75, 3.05) is 5.73 Å². The number of hydrogen-bond donors (Lipinski definition) is 1. The highest BCUT2D eigenvalue weighted by atomic mass is 32.2. The Hall–Kier alpha value is -2.08. The van der Waals surface area contributed by atoms with E-state index >= 15 is 0 Å². The molecule has 0 aliphatic rings. The van der Waals surface area contributed by atoms with Crippen LogP contribution in [0.15, 0.2) is 47.8 Å². The minimum atomic E-state index is -0.227. The van der Waals surface area contributed by atoms with Gasteiger partial charge in [-0.05, 0) is 29.8 Å². The smallest absolute Gasteiger partial charge is 0.195 e. The van der Waals surface area contributed by atoms with Crippen molar-refractivity contribution in [2.45, 2.75) is 10.9 Å². The molecular formula is C13H11FN4S. The van der Waals surface area contributed by atoms with Crippen LogP contribution in [-0.2, 0) is 5.75 Å². The summed E-state index contributed by atoms with van der Waals surface area (Å²) >= 11 is 1.54. The number of nitrogen functional groups attached to an aromatic ring is 1. The topological polar surface area (TPSA) is 56.2 Å². The number of aromatic nitrogens is 3. The second-order valence-electron chi connectivity index (χ2n) is 4.09. The van der Waals surface area contributed by atoms with Crippen molar-refractivity contribution in [3.63, 3.8) is 0 Å². The summed E-state index contributed by atoms with van der Waals surface area (Å²) in [6, 6.07) is 10.0. The van der Waals surface area contributed by atoms with Gasteiger partial charge in [-0.1, -0.05) is 23.9 Å². The van der Waals surface area contributed by atoms with Crippen molar-refractivity contribution < 1.29 is 4.39 Å².